The fourth-order valence-electron chi connectivity index (χ4n) is 3.93. The highest BCUT2D eigenvalue weighted by Gasteiger charge is 2.28. The van der Waals surface area contributed by atoms with Gasteiger partial charge < -0.3 is 19.4 Å². The van der Waals surface area contributed by atoms with Crippen LogP contribution in [-0.2, 0) is 39.0 Å². The van der Waals surface area contributed by atoms with Crippen LogP contribution in [0.3, 0.4) is 0 Å². The quantitative estimate of drug-likeness (QED) is 0.429. The van der Waals surface area contributed by atoms with Crippen molar-refractivity contribution in [1.82, 2.24) is 4.57 Å². The summed E-state index contributed by atoms with van der Waals surface area (Å²) >= 11 is 3.87. The van der Waals surface area contributed by atoms with E-state index in [0.717, 1.165) is 51.7 Å². The maximum absolute atomic E-state index is 12.5. The van der Waals surface area contributed by atoms with Gasteiger partial charge in [-0.05, 0) is 49.9 Å². The Morgan fingerprint density at radius 3 is 2.69 bits per heavy atom. The Balaban J connectivity index is 1.38. The van der Waals surface area contributed by atoms with Crippen LogP contribution in [0.25, 0.3) is 10.2 Å². The van der Waals surface area contributed by atoms with Crippen molar-refractivity contribution in [3.63, 3.8) is 0 Å². The predicted molar refractivity (Wildman–Crippen MR) is 141 cm³/mol. The molecule has 1 N–H and O–H groups in total. The molecule has 0 spiro atoms. The molecular weight excluding hydrogens is 522 g/mol. The highest BCUT2D eigenvalue weighted by molar-refractivity contribution is 8.00. The first-order chi connectivity index (χ1) is 17.3. The number of aromatic nitrogens is 1. The minimum absolute atomic E-state index is 0.0285. The van der Waals surface area contributed by atoms with Crippen LogP contribution in [-0.4, -0.2) is 53.5 Å². The van der Waals surface area contributed by atoms with E-state index in [1.54, 1.807) is 36.7 Å². The molecule has 3 aromatic rings. The first-order valence-corrected chi connectivity index (χ1v) is 14.1. The number of aryl methyl sites for hydroxylation is 2. The molecule has 0 atom stereocenters. The fraction of sp³-hybridized carbons (Fsp3) is 0.375. The van der Waals surface area contributed by atoms with Crippen LogP contribution in [0, 0.1) is 0 Å². The lowest BCUT2D eigenvalue weighted by atomic mass is 10.1. The second kappa shape index (κ2) is 11.4. The van der Waals surface area contributed by atoms with Crippen LogP contribution < -0.4 is 10.1 Å². The highest BCUT2D eigenvalue weighted by atomic mass is 32.2. The van der Waals surface area contributed by atoms with E-state index in [-0.39, 0.29) is 29.9 Å². The van der Waals surface area contributed by atoms with Crippen LogP contribution in [0.4, 0.5) is 5.00 Å². The Morgan fingerprint density at radius 1 is 1.14 bits per heavy atom. The average Bonchev–Trinajstić information content (AvgIpc) is 3.51. The molecule has 0 unspecified atom stereocenters. The molecule has 1 aromatic carbocycles. The lowest BCUT2D eigenvalue weighted by molar-refractivity contribution is -0.115. The monoisotopic (exact) mass is 547 g/mol. The molecule has 2 aromatic heterocycles. The van der Waals surface area contributed by atoms with Gasteiger partial charge in [0.1, 0.15) is 5.00 Å². The minimum Gasteiger partial charge on any atom is -0.465 e. The zero-order valence-electron chi connectivity index (χ0n) is 20.0. The van der Waals surface area contributed by atoms with E-state index in [1.807, 2.05) is 0 Å². The molecule has 1 aliphatic carbocycles. The van der Waals surface area contributed by atoms with Gasteiger partial charge in [-0.1, -0.05) is 11.3 Å². The number of carbonyl (C=O) groups is 4. The van der Waals surface area contributed by atoms with Crippen LogP contribution in [0.15, 0.2) is 23.2 Å². The number of hydrogen-bond donors (Lipinski definition) is 1. The van der Waals surface area contributed by atoms with E-state index in [9.17, 15) is 19.2 Å². The molecule has 4 rings (SSSR count). The number of carbonyl (C=O) groups excluding carboxylic acids is 4. The molecule has 0 saturated heterocycles. The first kappa shape index (κ1) is 26.1. The molecule has 0 radical (unpaired) electrons. The van der Waals surface area contributed by atoms with Crippen molar-refractivity contribution in [2.24, 2.45) is 12.0 Å². The molecule has 2 amide bonds. The van der Waals surface area contributed by atoms with Gasteiger partial charge in [-0.2, -0.15) is 4.99 Å². The van der Waals surface area contributed by atoms with Gasteiger partial charge in [0, 0.05) is 11.9 Å². The van der Waals surface area contributed by atoms with E-state index in [0.29, 0.717) is 20.9 Å². The van der Waals surface area contributed by atoms with Gasteiger partial charge in [0.2, 0.25) is 5.91 Å². The van der Waals surface area contributed by atoms with Gasteiger partial charge in [-0.3, -0.25) is 9.59 Å². The summed E-state index contributed by atoms with van der Waals surface area (Å²) in [5.74, 6) is -1.43. The number of fused-ring (bicyclic) bond motifs is 2. The summed E-state index contributed by atoms with van der Waals surface area (Å²) in [7, 11) is 3.12. The third-order valence-electron chi connectivity index (χ3n) is 5.56. The number of anilines is 1. The van der Waals surface area contributed by atoms with Crippen LogP contribution in [0.2, 0.25) is 0 Å². The predicted octanol–water partition coefficient (Wildman–Crippen LogP) is 3.55. The van der Waals surface area contributed by atoms with Crippen molar-refractivity contribution in [2.75, 3.05) is 30.5 Å². The van der Waals surface area contributed by atoms with Gasteiger partial charge in [0.25, 0.3) is 5.91 Å². The molecule has 0 saturated carbocycles. The smallest absolute Gasteiger partial charge is 0.341 e. The van der Waals surface area contributed by atoms with Crippen molar-refractivity contribution in [3.8, 4) is 0 Å². The van der Waals surface area contributed by atoms with Gasteiger partial charge >= 0.3 is 11.9 Å². The Labute approximate surface area is 219 Å². The highest BCUT2D eigenvalue weighted by Crippen LogP contribution is 2.39. The molecule has 0 bridgehead atoms. The van der Waals surface area contributed by atoms with E-state index in [4.69, 9.17) is 9.47 Å². The largest absolute Gasteiger partial charge is 0.465 e. The second-order valence-corrected chi connectivity index (χ2v) is 11.0. The molecule has 190 valence electrons. The molecule has 1 aliphatic rings. The standard InChI is InChI=1S/C24H25N3O6S3/c1-4-33-23(31)20-14-6-5-7-16(14)35-21(20)25-18(28)11-34-12-19(29)26-24-27(2)15-9-8-13(22(30)32-3)10-17(15)36-24/h8-10H,4-7,11-12H2,1-3H3,(H,25,28). The molecule has 0 fully saturated rings. The summed E-state index contributed by atoms with van der Waals surface area (Å²) in [6.07, 6.45) is 2.69. The number of methoxy groups -OCH3 is 1. The third kappa shape index (κ3) is 5.55. The maximum atomic E-state index is 12.5. The average molecular weight is 548 g/mol. The number of esters is 2. The topological polar surface area (TPSA) is 116 Å². The number of ether oxygens (including phenoxy) is 2. The number of benzene rings is 1. The Kier molecular flexibility index (Phi) is 8.27. The number of thiazole rings is 1. The second-order valence-electron chi connectivity index (χ2n) is 7.95. The molecule has 12 heteroatoms. The third-order valence-corrected chi connectivity index (χ3v) is 8.78. The zero-order valence-corrected chi connectivity index (χ0v) is 22.5. The number of rotatable bonds is 8. The van der Waals surface area contributed by atoms with Crippen molar-refractivity contribution in [2.45, 2.75) is 26.2 Å². The van der Waals surface area contributed by atoms with E-state index in [2.05, 4.69) is 10.3 Å². The molecule has 36 heavy (non-hydrogen) atoms. The maximum Gasteiger partial charge on any atom is 0.341 e. The van der Waals surface area contributed by atoms with Crippen molar-refractivity contribution >= 4 is 73.4 Å². The Morgan fingerprint density at radius 2 is 1.94 bits per heavy atom. The van der Waals surface area contributed by atoms with Gasteiger partial charge in [-0.25, -0.2) is 9.59 Å². The normalized spacial score (nSPS) is 13.0. The summed E-state index contributed by atoms with van der Waals surface area (Å²) < 4.78 is 12.5. The SMILES string of the molecule is CCOC(=O)c1c(NC(=O)CSCC(=O)N=c2sc3cc(C(=O)OC)ccc3n2C)sc2c1CCC2. The summed E-state index contributed by atoms with van der Waals surface area (Å²) in [5, 5.41) is 3.34. The Bertz CT molecular complexity index is 1420. The van der Waals surface area contributed by atoms with E-state index in [1.165, 1.54) is 29.8 Å². The summed E-state index contributed by atoms with van der Waals surface area (Å²) in [5.41, 5.74) is 2.71. The van der Waals surface area contributed by atoms with Gasteiger partial charge in [-0.15, -0.1) is 23.1 Å². The van der Waals surface area contributed by atoms with Gasteiger partial charge in [0.05, 0.1) is 46.6 Å². The molecule has 2 heterocycles. The van der Waals surface area contributed by atoms with Gasteiger partial charge in [0.15, 0.2) is 4.80 Å². The fourth-order valence-corrected chi connectivity index (χ4v) is 6.90. The number of thioether (sulfide) groups is 1. The van der Waals surface area contributed by atoms with Crippen LogP contribution in [0.1, 0.15) is 44.5 Å². The first-order valence-electron chi connectivity index (χ1n) is 11.3. The molecular formula is C24H25N3O6S3. The Hall–Kier alpha value is -2.96. The zero-order chi connectivity index (χ0) is 25.8. The number of nitrogens with zero attached hydrogens (tertiary/aromatic N) is 2. The number of hydrogen-bond acceptors (Lipinski definition) is 9. The van der Waals surface area contributed by atoms with E-state index >= 15 is 0 Å². The van der Waals surface area contributed by atoms with Crippen LogP contribution >= 0.6 is 34.4 Å². The number of amides is 2. The summed E-state index contributed by atoms with van der Waals surface area (Å²) in [6.45, 7) is 2.02. The van der Waals surface area contributed by atoms with E-state index < -0.39 is 11.9 Å². The van der Waals surface area contributed by atoms with Crippen molar-refractivity contribution in [1.29, 1.82) is 0 Å². The lowest BCUT2D eigenvalue weighted by Crippen LogP contribution is -2.18. The minimum atomic E-state index is -0.432. The summed E-state index contributed by atoms with van der Waals surface area (Å²) in [4.78, 5) is 55.0. The molecule has 9 nitrogen and oxygen atoms in total. The number of nitrogens with one attached hydrogen (secondary N) is 1. The molecule has 0 aliphatic heterocycles. The van der Waals surface area contributed by atoms with Crippen molar-refractivity contribution < 1.29 is 28.7 Å². The number of thiophene rings is 1. The van der Waals surface area contributed by atoms with Crippen molar-refractivity contribution in [3.05, 3.63) is 44.6 Å². The summed E-state index contributed by atoms with van der Waals surface area (Å²) in [6, 6.07) is 5.15. The lowest BCUT2D eigenvalue weighted by Gasteiger charge is -2.07. The van der Waals surface area contributed by atoms with Crippen LogP contribution in [0.5, 0.6) is 0 Å².